The van der Waals surface area contributed by atoms with Crippen LogP contribution in [0.15, 0.2) is 60.7 Å². The lowest BCUT2D eigenvalue weighted by atomic mass is 10.0. The van der Waals surface area contributed by atoms with Gasteiger partial charge in [-0.25, -0.2) is 14.0 Å². The molecule has 2 aromatic rings. The average molecular weight is 515 g/mol. The largest absolute Gasteiger partial charge is 0.486 e. The molecule has 9 heteroatoms. The van der Waals surface area contributed by atoms with Gasteiger partial charge in [0.25, 0.3) is 0 Å². The first-order valence-electron chi connectivity index (χ1n) is 11.6. The van der Waals surface area contributed by atoms with E-state index in [2.05, 4.69) is 13.2 Å². The molecule has 0 radical (unpaired) electrons. The predicted octanol–water partition coefficient (Wildman–Crippen LogP) is 5.05. The van der Waals surface area contributed by atoms with Crippen molar-refractivity contribution in [3.8, 4) is 28.4 Å². The summed E-state index contributed by atoms with van der Waals surface area (Å²) >= 11 is 0. The highest BCUT2D eigenvalue weighted by Gasteiger charge is 2.15. The molecule has 0 aliphatic carbocycles. The molecular weight excluding hydrogens is 483 g/mol. The predicted molar refractivity (Wildman–Crippen MR) is 135 cm³/mol. The van der Waals surface area contributed by atoms with Gasteiger partial charge in [0.15, 0.2) is 11.5 Å². The lowest BCUT2D eigenvalue weighted by molar-refractivity contribution is -0.140. The van der Waals surface area contributed by atoms with Crippen molar-refractivity contribution >= 4 is 17.9 Å². The van der Waals surface area contributed by atoms with E-state index in [1.165, 1.54) is 26.0 Å². The highest BCUT2D eigenvalue weighted by molar-refractivity contribution is 5.87. The Morgan fingerprint density at radius 3 is 1.89 bits per heavy atom. The second-order valence-corrected chi connectivity index (χ2v) is 8.41. The fourth-order valence-electron chi connectivity index (χ4n) is 2.75. The van der Waals surface area contributed by atoms with Gasteiger partial charge in [-0.05, 0) is 43.7 Å². The first-order chi connectivity index (χ1) is 17.5. The highest BCUT2D eigenvalue weighted by Crippen LogP contribution is 2.35. The molecule has 0 N–H and O–H groups in total. The number of ether oxygens (including phenoxy) is 5. The molecule has 0 unspecified atom stereocenters. The second kappa shape index (κ2) is 13.8. The molecule has 0 atom stereocenters. The Morgan fingerprint density at radius 1 is 0.811 bits per heavy atom. The van der Waals surface area contributed by atoms with Crippen LogP contribution in [0.4, 0.5) is 4.39 Å². The third kappa shape index (κ3) is 9.10. The van der Waals surface area contributed by atoms with Crippen LogP contribution in [0.3, 0.4) is 0 Å². The van der Waals surface area contributed by atoms with Gasteiger partial charge in [0, 0.05) is 22.8 Å². The van der Waals surface area contributed by atoms with Gasteiger partial charge in [-0.15, -0.1) is 0 Å². The van der Waals surface area contributed by atoms with E-state index in [-0.39, 0.29) is 60.6 Å². The first-order valence-corrected chi connectivity index (χ1v) is 11.6. The molecule has 0 fully saturated rings. The quantitative estimate of drug-likeness (QED) is 0.159. The Labute approximate surface area is 215 Å². The summed E-state index contributed by atoms with van der Waals surface area (Å²) in [5.41, 5.74) is 1.23. The van der Waals surface area contributed by atoms with E-state index in [1.54, 1.807) is 32.0 Å². The summed E-state index contributed by atoms with van der Waals surface area (Å²) in [6, 6.07) is 8.89. The third-order valence-corrected chi connectivity index (χ3v) is 4.73. The van der Waals surface area contributed by atoms with Gasteiger partial charge in [-0.3, -0.25) is 4.79 Å². The lowest BCUT2D eigenvalue weighted by Crippen LogP contribution is -2.15. The molecule has 0 spiro atoms. The zero-order chi connectivity index (χ0) is 27.5. The molecule has 2 aromatic carbocycles. The van der Waals surface area contributed by atoms with E-state index in [0.29, 0.717) is 11.3 Å². The molecular formula is C28H31FO8. The summed E-state index contributed by atoms with van der Waals surface area (Å²) in [6.45, 7) is 13.4. The fraction of sp³-hybridized carbons (Fsp3) is 0.321. The molecule has 0 aliphatic heterocycles. The Hall–Kier alpha value is -4.14. The minimum Gasteiger partial charge on any atom is -0.486 e. The molecule has 0 amide bonds. The Bertz CT molecular complexity index is 1170. The van der Waals surface area contributed by atoms with Crippen LogP contribution < -0.4 is 14.2 Å². The van der Waals surface area contributed by atoms with Gasteiger partial charge in [0.05, 0.1) is 5.92 Å². The van der Waals surface area contributed by atoms with Crippen LogP contribution in [-0.4, -0.2) is 44.3 Å². The lowest BCUT2D eigenvalue weighted by Gasteiger charge is -2.15. The summed E-state index contributed by atoms with van der Waals surface area (Å²) in [4.78, 5) is 34.9. The number of benzene rings is 2. The minimum absolute atomic E-state index is 0.00392. The topological polar surface area (TPSA) is 97.4 Å². The number of hydrogen-bond acceptors (Lipinski definition) is 8. The number of rotatable bonds is 13. The van der Waals surface area contributed by atoms with Crippen molar-refractivity contribution in [2.75, 3.05) is 26.4 Å². The van der Waals surface area contributed by atoms with Crippen LogP contribution in [0.2, 0.25) is 0 Å². The zero-order valence-electron chi connectivity index (χ0n) is 21.4. The zero-order valence-corrected chi connectivity index (χ0v) is 21.4. The molecule has 0 aromatic heterocycles. The van der Waals surface area contributed by atoms with E-state index < -0.39 is 23.7 Å². The van der Waals surface area contributed by atoms with E-state index in [4.69, 9.17) is 23.7 Å². The van der Waals surface area contributed by atoms with Gasteiger partial charge in [-0.2, -0.15) is 0 Å². The smallest absolute Gasteiger partial charge is 0.333 e. The molecule has 198 valence electrons. The Kier molecular flexibility index (Phi) is 10.9. The van der Waals surface area contributed by atoms with E-state index in [0.717, 1.165) is 6.07 Å². The summed E-state index contributed by atoms with van der Waals surface area (Å²) in [7, 11) is 0. The van der Waals surface area contributed by atoms with Crippen LogP contribution >= 0.6 is 0 Å². The molecule has 0 saturated carbocycles. The van der Waals surface area contributed by atoms with Crippen LogP contribution in [0, 0.1) is 11.7 Å². The average Bonchev–Trinajstić information content (AvgIpc) is 2.84. The van der Waals surface area contributed by atoms with Gasteiger partial charge in [0.2, 0.25) is 0 Å². The fourth-order valence-corrected chi connectivity index (χ4v) is 2.75. The maximum atomic E-state index is 14.9. The SMILES string of the molecule is C=C(C)C(=O)OCCOc1ccc(-c2ccc(OC(=O)C(C)C)cc2F)cc1OCCOC(=O)C(=C)C. The molecule has 0 heterocycles. The van der Waals surface area contributed by atoms with Crippen molar-refractivity contribution in [3.05, 3.63) is 66.5 Å². The minimum atomic E-state index is -0.601. The number of halogens is 1. The maximum Gasteiger partial charge on any atom is 0.333 e. The molecule has 2 rings (SSSR count). The molecule has 0 saturated heterocycles. The molecule has 8 nitrogen and oxygen atoms in total. The van der Waals surface area contributed by atoms with Crippen molar-refractivity contribution in [2.24, 2.45) is 5.92 Å². The van der Waals surface area contributed by atoms with E-state index >= 15 is 0 Å². The molecule has 0 aliphatic rings. The van der Waals surface area contributed by atoms with Crippen molar-refractivity contribution in [2.45, 2.75) is 27.7 Å². The van der Waals surface area contributed by atoms with Gasteiger partial charge in [-0.1, -0.05) is 33.1 Å². The Balaban J connectivity index is 2.20. The summed E-state index contributed by atoms with van der Waals surface area (Å²) in [5.74, 6) is -1.84. The van der Waals surface area contributed by atoms with Crippen molar-refractivity contribution < 1.29 is 42.5 Å². The highest BCUT2D eigenvalue weighted by atomic mass is 19.1. The number of hydrogen-bond donors (Lipinski definition) is 0. The Morgan fingerprint density at radius 2 is 1.38 bits per heavy atom. The normalized spacial score (nSPS) is 10.4. The summed E-state index contributed by atoms with van der Waals surface area (Å²) < 4.78 is 41.5. The number of esters is 3. The second-order valence-electron chi connectivity index (χ2n) is 8.41. The van der Waals surface area contributed by atoms with Gasteiger partial charge < -0.3 is 23.7 Å². The summed E-state index contributed by atoms with van der Waals surface area (Å²) in [5, 5.41) is 0. The van der Waals surface area contributed by atoms with Crippen molar-refractivity contribution in [3.63, 3.8) is 0 Å². The number of carbonyl (C=O) groups is 3. The first kappa shape index (κ1) is 29.1. The number of carbonyl (C=O) groups excluding carboxylic acids is 3. The maximum absolute atomic E-state index is 14.9. The van der Waals surface area contributed by atoms with Crippen LogP contribution in [-0.2, 0) is 23.9 Å². The van der Waals surface area contributed by atoms with E-state index in [1.807, 2.05) is 0 Å². The van der Waals surface area contributed by atoms with Crippen LogP contribution in [0.1, 0.15) is 27.7 Å². The molecule has 37 heavy (non-hydrogen) atoms. The molecule has 0 bridgehead atoms. The van der Waals surface area contributed by atoms with Gasteiger partial charge >= 0.3 is 17.9 Å². The van der Waals surface area contributed by atoms with Crippen LogP contribution in [0.25, 0.3) is 11.1 Å². The standard InChI is InChI=1S/C28H31FO8/c1-17(2)26(30)35-13-11-33-24-10-7-20(15-25(24)34-12-14-36-27(31)18(3)4)22-9-8-21(16-23(22)29)37-28(32)19(5)6/h7-10,15-16,19H,1,3,11-14H2,2,4-6H3. The van der Waals surface area contributed by atoms with Crippen molar-refractivity contribution in [1.29, 1.82) is 0 Å². The van der Waals surface area contributed by atoms with Crippen LogP contribution in [0.5, 0.6) is 17.2 Å². The third-order valence-electron chi connectivity index (χ3n) is 4.73. The van der Waals surface area contributed by atoms with Crippen molar-refractivity contribution in [1.82, 2.24) is 0 Å². The van der Waals surface area contributed by atoms with Gasteiger partial charge in [0.1, 0.15) is 38.0 Å². The monoisotopic (exact) mass is 514 g/mol. The summed E-state index contributed by atoms with van der Waals surface area (Å²) in [6.07, 6.45) is 0. The van der Waals surface area contributed by atoms with E-state index in [9.17, 15) is 18.8 Å².